The molecule has 0 atom stereocenters. The molecule has 0 saturated carbocycles. The molecule has 1 aromatic carbocycles. The number of quaternary nitrogens is 1. The molecule has 0 radical (unpaired) electrons. The van der Waals surface area contributed by atoms with Crippen molar-refractivity contribution in [2.75, 3.05) is 51.1 Å². The Bertz CT molecular complexity index is 470. The number of amides is 1. The molecule has 0 spiro atoms. The number of anilines is 1. The third-order valence-electron chi connectivity index (χ3n) is 4.30. The molecule has 1 amide bonds. The van der Waals surface area contributed by atoms with Crippen molar-refractivity contribution in [2.45, 2.75) is 0 Å². The number of hydrogen-bond donors (Lipinski definition) is 1. The third-order valence-corrected chi connectivity index (χ3v) is 4.63. The molecule has 19 heavy (non-hydrogen) atoms. The number of benzene rings is 1. The van der Waals surface area contributed by atoms with Gasteiger partial charge in [0, 0.05) is 19.6 Å². The normalized spacial score (nSPS) is 29.2. The van der Waals surface area contributed by atoms with Crippen LogP contribution in [0.3, 0.4) is 0 Å². The molecule has 3 aliphatic rings. The topological polar surface area (TPSA) is 32.3 Å². The van der Waals surface area contributed by atoms with E-state index in [4.69, 9.17) is 11.6 Å². The van der Waals surface area contributed by atoms with Crippen LogP contribution >= 0.6 is 11.6 Å². The van der Waals surface area contributed by atoms with Crippen LogP contribution in [0, 0.1) is 0 Å². The van der Waals surface area contributed by atoms with Gasteiger partial charge in [-0.05, 0) is 12.1 Å². The number of nitrogens with zero attached hydrogens (tertiary/aromatic N) is 2. The number of carbonyl (C=O) groups excluding carboxylic acids is 1. The Kier molecular flexibility index (Phi) is 3.48. The fraction of sp³-hybridized carbons (Fsp3) is 0.500. The van der Waals surface area contributed by atoms with E-state index in [1.54, 1.807) is 6.07 Å². The quantitative estimate of drug-likeness (QED) is 0.850. The lowest BCUT2D eigenvalue weighted by atomic mass is 10.1. The van der Waals surface area contributed by atoms with Gasteiger partial charge in [0.15, 0.2) is 6.54 Å². The van der Waals surface area contributed by atoms with Crippen molar-refractivity contribution in [1.29, 1.82) is 0 Å². The molecule has 4 nitrogen and oxygen atoms in total. The number of hydrogen-bond acceptors (Lipinski definition) is 2. The van der Waals surface area contributed by atoms with Gasteiger partial charge in [-0.1, -0.05) is 23.7 Å². The number of nitrogens with one attached hydrogen (secondary N) is 1. The molecule has 2 bridgehead atoms. The first-order valence-electron chi connectivity index (χ1n) is 6.79. The van der Waals surface area contributed by atoms with E-state index in [0.717, 1.165) is 43.8 Å². The lowest BCUT2D eigenvalue weighted by Crippen LogP contribution is -2.68. The van der Waals surface area contributed by atoms with Gasteiger partial charge in [-0.15, -0.1) is 0 Å². The predicted octanol–water partition coefficient (Wildman–Crippen LogP) is 1.42. The zero-order valence-electron chi connectivity index (χ0n) is 10.9. The van der Waals surface area contributed by atoms with Crippen LogP contribution in [-0.2, 0) is 4.79 Å². The highest BCUT2D eigenvalue weighted by Crippen LogP contribution is 2.22. The molecule has 3 saturated heterocycles. The molecule has 1 N–H and O–H groups in total. The van der Waals surface area contributed by atoms with E-state index < -0.39 is 0 Å². The first kappa shape index (κ1) is 12.9. The molecule has 0 aromatic heterocycles. The van der Waals surface area contributed by atoms with Crippen LogP contribution in [0.15, 0.2) is 24.3 Å². The van der Waals surface area contributed by atoms with Crippen molar-refractivity contribution in [3.63, 3.8) is 0 Å². The summed E-state index contributed by atoms with van der Waals surface area (Å²) in [7, 11) is 0. The minimum atomic E-state index is 0.0726. The summed E-state index contributed by atoms with van der Waals surface area (Å²) in [5.41, 5.74) is 0.711. The first-order chi connectivity index (χ1) is 9.17. The number of piperazine rings is 3. The van der Waals surface area contributed by atoms with Crippen molar-refractivity contribution in [1.82, 2.24) is 4.90 Å². The molecule has 4 rings (SSSR count). The molecule has 3 heterocycles. The third kappa shape index (κ3) is 2.76. The summed E-state index contributed by atoms with van der Waals surface area (Å²) >= 11 is 6.06. The summed E-state index contributed by atoms with van der Waals surface area (Å²) in [5, 5.41) is 3.53. The number of halogens is 1. The summed E-state index contributed by atoms with van der Waals surface area (Å²) in [4.78, 5) is 14.7. The smallest absolute Gasteiger partial charge is 0.279 e. The molecular formula is C14H19ClN3O+. The first-order valence-corrected chi connectivity index (χ1v) is 7.17. The standard InChI is InChI=1S/C14H18ClN3O/c15-12-3-1-2-4-13(12)16-14(19)11-18-8-5-17(6-9-18)7-10-18/h1-4H,5-11H2/p+1. The highest BCUT2D eigenvalue weighted by Gasteiger charge is 2.39. The number of rotatable bonds is 3. The van der Waals surface area contributed by atoms with E-state index in [-0.39, 0.29) is 5.91 Å². The van der Waals surface area contributed by atoms with Gasteiger partial charge in [0.2, 0.25) is 0 Å². The van der Waals surface area contributed by atoms with Crippen LogP contribution < -0.4 is 5.32 Å². The van der Waals surface area contributed by atoms with Crippen LogP contribution in [-0.4, -0.2) is 61.1 Å². The molecular weight excluding hydrogens is 262 g/mol. The average molecular weight is 281 g/mol. The second-order valence-electron chi connectivity index (χ2n) is 5.54. The molecule has 0 unspecified atom stereocenters. The van der Waals surface area contributed by atoms with Gasteiger partial charge in [0.05, 0.1) is 30.3 Å². The zero-order chi connectivity index (χ0) is 13.3. The Labute approximate surface area is 118 Å². The Hall–Kier alpha value is -1.10. The van der Waals surface area contributed by atoms with Crippen molar-refractivity contribution < 1.29 is 9.28 Å². The Morgan fingerprint density at radius 3 is 2.47 bits per heavy atom. The summed E-state index contributed by atoms with van der Waals surface area (Å²) < 4.78 is 0.937. The molecule has 0 aliphatic carbocycles. The van der Waals surface area contributed by atoms with Gasteiger partial charge >= 0.3 is 0 Å². The highest BCUT2D eigenvalue weighted by molar-refractivity contribution is 6.33. The Morgan fingerprint density at radius 2 is 1.84 bits per heavy atom. The van der Waals surface area contributed by atoms with Crippen molar-refractivity contribution in [2.24, 2.45) is 0 Å². The summed E-state index contributed by atoms with van der Waals surface area (Å²) in [6.45, 7) is 7.22. The van der Waals surface area contributed by atoms with E-state index in [9.17, 15) is 4.79 Å². The lowest BCUT2D eigenvalue weighted by Gasteiger charge is -2.50. The van der Waals surface area contributed by atoms with E-state index in [0.29, 0.717) is 17.3 Å². The van der Waals surface area contributed by atoms with Gasteiger partial charge in [-0.2, -0.15) is 0 Å². The second-order valence-corrected chi connectivity index (χ2v) is 5.95. The van der Waals surface area contributed by atoms with E-state index >= 15 is 0 Å². The maximum atomic E-state index is 12.2. The zero-order valence-corrected chi connectivity index (χ0v) is 11.7. The van der Waals surface area contributed by atoms with Gasteiger partial charge in [0.1, 0.15) is 0 Å². The predicted molar refractivity (Wildman–Crippen MR) is 76.3 cm³/mol. The average Bonchev–Trinajstić information content (AvgIpc) is 2.43. The Morgan fingerprint density at radius 1 is 1.21 bits per heavy atom. The summed E-state index contributed by atoms with van der Waals surface area (Å²) in [5.74, 6) is 0.0726. The number of para-hydroxylation sites is 1. The number of carbonyl (C=O) groups is 1. The summed E-state index contributed by atoms with van der Waals surface area (Å²) in [6.07, 6.45) is 0. The molecule has 3 fully saturated rings. The van der Waals surface area contributed by atoms with E-state index in [1.165, 1.54) is 0 Å². The van der Waals surface area contributed by atoms with E-state index in [1.807, 2.05) is 18.2 Å². The Balaban J connectivity index is 1.64. The molecule has 1 aromatic rings. The maximum absolute atomic E-state index is 12.2. The minimum absolute atomic E-state index is 0.0726. The maximum Gasteiger partial charge on any atom is 0.279 e. The van der Waals surface area contributed by atoms with Crippen LogP contribution in [0.2, 0.25) is 5.02 Å². The molecule has 5 heteroatoms. The van der Waals surface area contributed by atoms with Crippen LogP contribution in [0.5, 0.6) is 0 Å². The van der Waals surface area contributed by atoms with Crippen LogP contribution in [0.1, 0.15) is 0 Å². The SMILES string of the molecule is O=C(C[N+]12CCN(CC1)CC2)Nc1ccccc1Cl. The summed E-state index contributed by atoms with van der Waals surface area (Å²) in [6, 6.07) is 7.38. The van der Waals surface area contributed by atoms with Crippen LogP contribution in [0.25, 0.3) is 0 Å². The molecule has 102 valence electrons. The highest BCUT2D eigenvalue weighted by atomic mass is 35.5. The van der Waals surface area contributed by atoms with Gasteiger partial charge in [-0.25, -0.2) is 0 Å². The van der Waals surface area contributed by atoms with Crippen molar-refractivity contribution in [3.8, 4) is 0 Å². The lowest BCUT2D eigenvalue weighted by molar-refractivity contribution is -0.933. The number of fused-ring (bicyclic) bond motifs is 3. The fourth-order valence-electron chi connectivity index (χ4n) is 3.03. The van der Waals surface area contributed by atoms with Crippen LogP contribution in [0.4, 0.5) is 5.69 Å². The van der Waals surface area contributed by atoms with Crippen molar-refractivity contribution in [3.05, 3.63) is 29.3 Å². The van der Waals surface area contributed by atoms with Gasteiger partial charge in [0.25, 0.3) is 5.91 Å². The fourth-order valence-corrected chi connectivity index (χ4v) is 3.21. The van der Waals surface area contributed by atoms with E-state index in [2.05, 4.69) is 10.2 Å². The second kappa shape index (κ2) is 5.12. The molecule has 3 aliphatic heterocycles. The van der Waals surface area contributed by atoms with Crippen molar-refractivity contribution >= 4 is 23.2 Å². The van der Waals surface area contributed by atoms with Gasteiger partial charge in [-0.3, -0.25) is 9.69 Å². The minimum Gasteiger partial charge on any atom is -0.320 e. The largest absolute Gasteiger partial charge is 0.320 e. The van der Waals surface area contributed by atoms with Gasteiger partial charge < -0.3 is 9.80 Å². The monoisotopic (exact) mass is 280 g/mol.